The summed E-state index contributed by atoms with van der Waals surface area (Å²) in [4.78, 5) is 5.49. The van der Waals surface area contributed by atoms with Crippen LogP contribution in [-0.4, -0.2) is 9.55 Å². The molecule has 2 aromatic heterocycles. The summed E-state index contributed by atoms with van der Waals surface area (Å²) in [5, 5.41) is 6.01. The Labute approximate surface area is 301 Å². The van der Waals surface area contributed by atoms with E-state index in [9.17, 15) is 0 Å². The van der Waals surface area contributed by atoms with Gasteiger partial charge in [-0.1, -0.05) is 170 Å². The molecular weight excluding hydrogens is 629 g/mol. The Hall–Kier alpha value is -6.77. The maximum absolute atomic E-state index is 5.49. The first-order chi connectivity index (χ1) is 25.8. The molecule has 1 aliphatic carbocycles. The Morgan fingerprint density at radius 2 is 1.06 bits per heavy atom. The lowest BCUT2D eigenvalue weighted by molar-refractivity contribution is 0.774. The van der Waals surface area contributed by atoms with Crippen molar-refractivity contribution < 1.29 is 0 Å². The molecule has 2 heterocycles. The van der Waals surface area contributed by atoms with E-state index in [0.717, 1.165) is 22.0 Å². The molecule has 0 radical (unpaired) electrons. The summed E-state index contributed by atoms with van der Waals surface area (Å²) in [5.41, 5.74) is 13.9. The van der Waals surface area contributed by atoms with Crippen LogP contribution in [0.4, 0.5) is 0 Å². The molecule has 2 nitrogen and oxygen atoms in total. The van der Waals surface area contributed by atoms with E-state index in [1.807, 2.05) is 0 Å². The minimum Gasteiger partial charge on any atom is -0.309 e. The molecule has 2 heteroatoms. The van der Waals surface area contributed by atoms with Crippen molar-refractivity contribution in [3.63, 3.8) is 0 Å². The second-order valence-electron chi connectivity index (χ2n) is 13.9. The van der Waals surface area contributed by atoms with Crippen LogP contribution in [0.15, 0.2) is 194 Å². The first-order valence-corrected chi connectivity index (χ1v) is 18.0. The molecule has 1 aliphatic rings. The number of fused-ring (bicyclic) bond motifs is 11. The van der Waals surface area contributed by atoms with Crippen molar-refractivity contribution in [1.82, 2.24) is 9.55 Å². The second kappa shape index (κ2) is 11.1. The Balaban J connectivity index is 1.29. The van der Waals surface area contributed by atoms with Crippen molar-refractivity contribution in [2.75, 3.05) is 0 Å². The predicted octanol–water partition coefficient (Wildman–Crippen LogP) is 12.5. The van der Waals surface area contributed by atoms with Crippen LogP contribution in [-0.2, 0) is 5.41 Å². The van der Waals surface area contributed by atoms with E-state index in [0.29, 0.717) is 0 Å². The van der Waals surface area contributed by atoms with E-state index in [4.69, 9.17) is 4.98 Å². The molecule has 11 rings (SSSR count). The number of aromatic nitrogens is 2. The highest BCUT2D eigenvalue weighted by Crippen LogP contribution is 2.59. The first-order valence-electron chi connectivity index (χ1n) is 18.0. The summed E-state index contributed by atoms with van der Waals surface area (Å²) in [5.74, 6) is 0. The zero-order valence-corrected chi connectivity index (χ0v) is 28.4. The van der Waals surface area contributed by atoms with Crippen molar-refractivity contribution in [3.05, 3.63) is 217 Å². The summed E-state index contributed by atoms with van der Waals surface area (Å²) in [6.07, 6.45) is 2.12. The van der Waals surface area contributed by atoms with E-state index in [-0.39, 0.29) is 0 Å². The van der Waals surface area contributed by atoms with E-state index in [1.54, 1.807) is 0 Å². The number of pyridine rings is 1. The van der Waals surface area contributed by atoms with Crippen molar-refractivity contribution in [2.24, 2.45) is 0 Å². The number of benzene rings is 8. The molecule has 0 spiro atoms. The van der Waals surface area contributed by atoms with Gasteiger partial charge in [-0.3, -0.25) is 4.98 Å². The number of hydrogen-bond donors (Lipinski definition) is 0. The van der Waals surface area contributed by atoms with Gasteiger partial charge in [-0.05, 0) is 67.9 Å². The third-order valence-corrected chi connectivity index (χ3v) is 11.3. The SMILES string of the molecule is c1ccc(-c2ccc(-n3c4ccccc4c4cnc5c6c(ccc5c43)-c3c(ccc4ccccc34)C6(c3ccccc3)c3ccccc3)cc2)cc1. The van der Waals surface area contributed by atoms with Gasteiger partial charge in [0, 0.05) is 33.6 Å². The summed E-state index contributed by atoms with van der Waals surface area (Å²) >= 11 is 0. The fraction of sp³-hybridized carbons (Fsp3) is 0.0200. The Bertz CT molecular complexity index is 2940. The highest BCUT2D eigenvalue weighted by molar-refractivity contribution is 6.19. The van der Waals surface area contributed by atoms with Crippen LogP contribution in [0.3, 0.4) is 0 Å². The third kappa shape index (κ3) is 3.92. The lowest BCUT2D eigenvalue weighted by Crippen LogP contribution is -2.29. The summed E-state index contributed by atoms with van der Waals surface area (Å²) in [7, 11) is 0. The first kappa shape index (κ1) is 29.0. The Morgan fingerprint density at radius 1 is 0.442 bits per heavy atom. The highest BCUT2D eigenvalue weighted by atomic mass is 15.0. The molecule has 0 bridgehead atoms. The summed E-state index contributed by atoms with van der Waals surface area (Å²) < 4.78 is 2.44. The normalized spacial score (nSPS) is 13.2. The van der Waals surface area contributed by atoms with E-state index in [2.05, 4.69) is 199 Å². The molecule has 10 aromatic rings. The van der Waals surface area contributed by atoms with Crippen molar-refractivity contribution >= 4 is 43.5 Å². The maximum atomic E-state index is 5.49. The monoisotopic (exact) mass is 660 g/mol. The van der Waals surface area contributed by atoms with E-state index in [1.165, 1.54) is 71.7 Å². The van der Waals surface area contributed by atoms with Gasteiger partial charge >= 0.3 is 0 Å². The predicted molar refractivity (Wildman–Crippen MR) is 216 cm³/mol. The molecule has 242 valence electrons. The van der Waals surface area contributed by atoms with E-state index >= 15 is 0 Å². The van der Waals surface area contributed by atoms with Gasteiger partial charge in [-0.25, -0.2) is 0 Å². The fourth-order valence-corrected chi connectivity index (χ4v) is 9.15. The van der Waals surface area contributed by atoms with Gasteiger partial charge < -0.3 is 4.57 Å². The van der Waals surface area contributed by atoms with Crippen LogP contribution in [0.5, 0.6) is 0 Å². The Kier molecular flexibility index (Phi) is 6.20. The van der Waals surface area contributed by atoms with Gasteiger partial charge in [0.05, 0.1) is 22.0 Å². The fourth-order valence-electron chi connectivity index (χ4n) is 9.15. The van der Waals surface area contributed by atoms with Crippen molar-refractivity contribution in [1.29, 1.82) is 0 Å². The second-order valence-corrected chi connectivity index (χ2v) is 13.9. The minimum absolute atomic E-state index is 0.578. The van der Waals surface area contributed by atoms with Crippen LogP contribution < -0.4 is 0 Å². The van der Waals surface area contributed by atoms with Crippen LogP contribution in [0, 0.1) is 0 Å². The zero-order valence-electron chi connectivity index (χ0n) is 28.4. The molecule has 52 heavy (non-hydrogen) atoms. The average Bonchev–Trinajstić information content (AvgIpc) is 3.73. The van der Waals surface area contributed by atoms with Crippen molar-refractivity contribution in [2.45, 2.75) is 5.41 Å². The number of hydrogen-bond acceptors (Lipinski definition) is 1. The molecule has 0 N–H and O–H groups in total. The molecule has 0 saturated carbocycles. The zero-order chi connectivity index (χ0) is 34.2. The smallest absolute Gasteiger partial charge is 0.0777 e. The Morgan fingerprint density at radius 3 is 1.79 bits per heavy atom. The molecule has 0 aliphatic heterocycles. The number of para-hydroxylation sites is 1. The lowest BCUT2D eigenvalue weighted by atomic mass is 9.67. The highest BCUT2D eigenvalue weighted by Gasteiger charge is 2.48. The van der Waals surface area contributed by atoms with Gasteiger partial charge in [0.15, 0.2) is 0 Å². The molecule has 0 atom stereocenters. The molecular formula is C50H32N2. The molecule has 0 amide bonds. The quantitative estimate of drug-likeness (QED) is 0.184. The van der Waals surface area contributed by atoms with Crippen LogP contribution in [0.25, 0.3) is 71.4 Å². The largest absolute Gasteiger partial charge is 0.309 e. The topological polar surface area (TPSA) is 17.8 Å². The van der Waals surface area contributed by atoms with Gasteiger partial charge in [-0.15, -0.1) is 0 Å². The van der Waals surface area contributed by atoms with Crippen LogP contribution in [0.1, 0.15) is 22.3 Å². The molecule has 0 fully saturated rings. The van der Waals surface area contributed by atoms with Gasteiger partial charge in [0.2, 0.25) is 0 Å². The van der Waals surface area contributed by atoms with Crippen molar-refractivity contribution in [3.8, 4) is 27.9 Å². The van der Waals surface area contributed by atoms with Gasteiger partial charge in [0.1, 0.15) is 0 Å². The molecule has 0 saturated heterocycles. The summed E-state index contributed by atoms with van der Waals surface area (Å²) in [6, 6.07) is 68.6. The number of rotatable bonds is 4. The maximum Gasteiger partial charge on any atom is 0.0777 e. The summed E-state index contributed by atoms with van der Waals surface area (Å²) in [6.45, 7) is 0. The van der Waals surface area contributed by atoms with Gasteiger partial charge in [0.25, 0.3) is 0 Å². The minimum atomic E-state index is -0.578. The third-order valence-electron chi connectivity index (χ3n) is 11.3. The standard InChI is InChI=1S/C50H32N2/c1-4-14-33(15-5-1)34-24-27-38(28-25-34)52-45-23-13-12-22-40(45)43-32-51-48-42(49(43)52)30-29-41-46-39-21-11-10-16-35(39)26-31-44(46)50(47(41)48,36-17-6-2-7-18-36)37-19-8-3-9-20-37/h1-32H. The number of nitrogens with zero attached hydrogens (tertiary/aromatic N) is 2. The van der Waals surface area contributed by atoms with E-state index < -0.39 is 5.41 Å². The van der Waals surface area contributed by atoms with Crippen LogP contribution in [0.2, 0.25) is 0 Å². The molecule has 0 unspecified atom stereocenters. The average molecular weight is 661 g/mol. The molecule has 8 aromatic carbocycles. The lowest BCUT2D eigenvalue weighted by Gasteiger charge is -2.34. The van der Waals surface area contributed by atoms with Gasteiger partial charge in [-0.2, -0.15) is 0 Å². The van der Waals surface area contributed by atoms with Crippen LogP contribution >= 0.6 is 0 Å².